The Bertz CT molecular complexity index is 1550. The number of amides is 1. The molecular weight excluding hydrogens is 691 g/mol. The first-order valence-corrected chi connectivity index (χ1v) is 14.3. The van der Waals surface area contributed by atoms with Crippen LogP contribution in [0.3, 0.4) is 0 Å². The number of anilines is 1. The summed E-state index contributed by atoms with van der Waals surface area (Å²) in [6.45, 7) is 1.57. The zero-order valence-corrected chi connectivity index (χ0v) is 24.7. The Hall–Kier alpha value is -3.60. The lowest BCUT2D eigenvalue weighted by Crippen LogP contribution is -2.61. The molecule has 0 spiro atoms. The van der Waals surface area contributed by atoms with E-state index in [-0.39, 0.29) is 59.4 Å². The van der Waals surface area contributed by atoms with Gasteiger partial charge in [0.05, 0.1) is 40.9 Å². The molecule has 2 heterocycles. The van der Waals surface area contributed by atoms with E-state index in [1.165, 1.54) is 0 Å². The molecule has 2 aromatic carbocycles. The number of halogens is 10. The van der Waals surface area contributed by atoms with Gasteiger partial charge >= 0.3 is 24.6 Å². The van der Waals surface area contributed by atoms with E-state index in [9.17, 15) is 49.4 Å². The molecule has 0 saturated carbocycles. The Morgan fingerprint density at radius 2 is 1.62 bits per heavy atom. The van der Waals surface area contributed by atoms with Gasteiger partial charge in [-0.05, 0) is 60.4 Å². The molecule has 0 fully saturated rings. The monoisotopic (exact) mass is 714 g/mol. The molecule has 0 unspecified atom stereocenters. The van der Waals surface area contributed by atoms with Crippen LogP contribution < -0.4 is 15.4 Å². The first-order chi connectivity index (χ1) is 20.8. The minimum absolute atomic E-state index is 0.00260. The van der Waals surface area contributed by atoms with E-state index in [1.807, 2.05) is 0 Å². The Morgan fingerprint density at radius 3 is 2.13 bits per heavy atom. The number of fused-ring (bicyclic) bond motifs is 1. The largest absolute Gasteiger partial charge is 0.489 e. The van der Waals surface area contributed by atoms with E-state index < -0.39 is 64.9 Å². The van der Waals surface area contributed by atoms with Crippen LogP contribution in [0, 0.1) is 0 Å². The molecule has 1 aliphatic heterocycles. The number of rotatable bonds is 7. The third-order valence-corrected chi connectivity index (χ3v) is 7.61. The van der Waals surface area contributed by atoms with Crippen LogP contribution in [-0.4, -0.2) is 38.8 Å². The van der Waals surface area contributed by atoms with Crippen LogP contribution in [0.5, 0.6) is 5.75 Å². The van der Waals surface area contributed by atoms with Gasteiger partial charge in [-0.3, -0.25) is 4.90 Å². The van der Waals surface area contributed by atoms with Crippen LogP contribution in [0.4, 0.5) is 50.0 Å². The smallest absolute Gasteiger partial charge is 0.416 e. The Kier molecular flexibility index (Phi) is 9.37. The topological polar surface area (TPSA) is 102 Å². The maximum absolute atomic E-state index is 13.7. The van der Waals surface area contributed by atoms with E-state index in [1.54, 1.807) is 6.92 Å². The third-order valence-electron chi connectivity index (χ3n) is 7.29. The predicted octanol–water partition coefficient (Wildman–Crippen LogP) is 7.98. The molecule has 1 aliphatic rings. The summed E-state index contributed by atoms with van der Waals surface area (Å²) in [5.74, 6) is -1.43. The lowest BCUT2D eigenvalue weighted by molar-refractivity contribution is -0.143. The van der Waals surface area contributed by atoms with Crippen molar-refractivity contribution in [1.29, 1.82) is 0 Å². The number of hydrogen-bond donors (Lipinski definition) is 2. The number of hydrogen-bond acceptors (Lipinski definition) is 5. The van der Waals surface area contributed by atoms with Crippen molar-refractivity contribution in [1.82, 2.24) is 9.97 Å². The second-order valence-electron chi connectivity index (χ2n) is 10.3. The van der Waals surface area contributed by atoms with E-state index in [2.05, 4.69) is 25.9 Å². The molecule has 0 bridgehead atoms. The zero-order valence-electron chi connectivity index (χ0n) is 23.1. The van der Waals surface area contributed by atoms with Gasteiger partial charge in [0.15, 0.2) is 5.75 Å². The fourth-order valence-corrected chi connectivity index (χ4v) is 5.30. The molecule has 17 heteroatoms. The Morgan fingerprint density at radius 1 is 1.02 bits per heavy atom. The van der Waals surface area contributed by atoms with Crippen molar-refractivity contribution in [3.63, 3.8) is 0 Å². The van der Waals surface area contributed by atoms with E-state index in [0.717, 1.165) is 23.2 Å². The maximum atomic E-state index is 13.7. The molecule has 1 aromatic heterocycles. The molecule has 7 nitrogen and oxygen atoms in total. The minimum Gasteiger partial charge on any atom is -0.489 e. The molecule has 3 N–H and O–H groups in total. The van der Waals surface area contributed by atoms with Gasteiger partial charge in [0, 0.05) is 17.7 Å². The van der Waals surface area contributed by atoms with Crippen LogP contribution >= 0.6 is 15.9 Å². The van der Waals surface area contributed by atoms with Gasteiger partial charge in [-0.1, -0.05) is 22.9 Å². The van der Waals surface area contributed by atoms with Crippen molar-refractivity contribution in [3.05, 3.63) is 81.9 Å². The average Bonchev–Trinajstić information content (AvgIpc) is 2.94. The second kappa shape index (κ2) is 12.3. The van der Waals surface area contributed by atoms with Gasteiger partial charge in [-0.25, -0.2) is 14.8 Å². The molecule has 2 atom stereocenters. The van der Waals surface area contributed by atoms with Gasteiger partial charge < -0.3 is 15.6 Å². The van der Waals surface area contributed by atoms with Gasteiger partial charge in [0.1, 0.15) is 11.5 Å². The molecule has 0 aliphatic carbocycles. The second-order valence-corrected chi connectivity index (χ2v) is 11.1. The normalized spacial score (nSPS) is 18.9. The summed E-state index contributed by atoms with van der Waals surface area (Å²) in [7, 11) is 0. The fraction of sp³-hybridized carbons (Fsp3) is 0.393. The number of ether oxygens (including phenoxy) is 1. The lowest BCUT2D eigenvalue weighted by Gasteiger charge is -2.46. The number of aromatic nitrogens is 2. The standard InChI is InChI=1S/C28H24BrF9N4O3/c1-2-25(39)12-19(18-11-15(26(30,31)32)3-4-21(18)42(25)24(43)44)23-40-13-22(45-6-5-29)20(41-23)9-14-7-16(27(33,34)35)10-17(8-14)28(36,37)38/h3-4,7-8,10-11,13,19H,2,5-6,9,12,39H2,1H3,(H,43,44)/t19-,25+/m0/s1. The van der Waals surface area contributed by atoms with Crippen molar-refractivity contribution >= 4 is 27.7 Å². The lowest BCUT2D eigenvalue weighted by atomic mass is 9.80. The number of alkyl halides is 10. The van der Waals surface area contributed by atoms with Gasteiger partial charge in [0.25, 0.3) is 0 Å². The van der Waals surface area contributed by atoms with Crippen LogP contribution in [0.1, 0.15) is 65.0 Å². The molecular formula is C28H24BrF9N4O3. The summed E-state index contributed by atoms with van der Waals surface area (Å²) in [6.07, 6.45) is -16.3. The molecule has 1 amide bonds. The number of carboxylic acid groups (broad SMARTS) is 1. The van der Waals surface area contributed by atoms with Crippen LogP contribution in [0.15, 0.2) is 42.6 Å². The fourth-order valence-electron chi connectivity index (χ4n) is 5.13. The minimum atomic E-state index is -5.11. The van der Waals surface area contributed by atoms with Crippen molar-refractivity contribution < 1.29 is 54.2 Å². The molecule has 0 radical (unpaired) electrons. The number of carbonyl (C=O) groups is 1. The summed E-state index contributed by atoms with van der Waals surface area (Å²) < 4.78 is 128. The van der Waals surface area contributed by atoms with Crippen LogP contribution in [0.2, 0.25) is 0 Å². The van der Waals surface area contributed by atoms with Crippen molar-refractivity contribution in [2.24, 2.45) is 5.73 Å². The average molecular weight is 715 g/mol. The molecule has 0 saturated heterocycles. The van der Waals surface area contributed by atoms with E-state index in [4.69, 9.17) is 10.5 Å². The summed E-state index contributed by atoms with van der Waals surface area (Å²) in [4.78, 5) is 21.6. The summed E-state index contributed by atoms with van der Waals surface area (Å²) in [5, 5.41) is 10.2. The first kappa shape index (κ1) is 34.3. The molecule has 45 heavy (non-hydrogen) atoms. The molecule has 4 rings (SSSR count). The van der Waals surface area contributed by atoms with E-state index in [0.29, 0.717) is 18.2 Å². The number of benzene rings is 2. The van der Waals surface area contributed by atoms with Crippen molar-refractivity contribution in [2.45, 2.75) is 56.3 Å². The summed E-state index contributed by atoms with van der Waals surface area (Å²) in [5.41, 5.74) is -0.235. The predicted molar refractivity (Wildman–Crippen MR) is 146 cm³/mol. The highest BCUT2D eigenvalue weighted by atomic mass is 79.9. The van der Waals surface area contributed by atoms with Crippen molar-refractivity contribution in [3.8, 4) is 5.75 Å². The zero-order chi connectivity index (χ0) is 33.5. The summed E-state index contributed by atoms with van der Waals surface area (Å²) >= 11 is 3.14. The third kappa shape index (κ3) is 7.29. The van der Waals surface area contributed by atoms with Crippen LogP contribution in [-0.2, 0) is 24.9 Å². The number of nitrogens with zero attached hydrogens (tertiary/aromatic N) is 3. The highest BCUT2D eigenvalue weighted by Gasteiger charge is 2.47. The Balaban J connectivity index is 1.91. The maximum Gasteiger partial charge on any atom is 0.416 e. The molecule has 3 aromatic rings. The van der Waals surface area contributed by atoms with Gasteiger partial charge in [0.2, 0.25) is 0 Å². The van der Waals surface area contributed by atoms with Gasteiger partial charge in [-0.15, -0.1) is 0 Å². The summed E-state index contributed by atoms with van der Waals surface area (Å²) in [6, 6.07) is 3.45. The highest BCUT2D eigenvalue weighted by Crippen LogP contribution is 2.47. The highest BCUT2D eigenvalue weighted by molar-refractivity contribution is 9.09. The van der Waals surface area contributed by atoms with Crippen molar-refractivity contribution in [2.75, 3.05) is 16.8 Å². The first-order valence-electron chi connectivity index (χ1n) is 13.1. The molecule has 244 valence electrons. The van der Waals surface area contributed by atoms with E-state index >= 15 is 0 Å². The van der Waals surface area contributed by atoms with Gasteiger partial charge in [-0.2, -0.15) is 39.5 Å². The quantitative estimate of drug-likeness (QED) is 0.190. The Labute approximate surface area is 258 Å². The SMILES string of the molecule is CC[C@]1(N)C[C@H](c2ncc(OCCBr)c(Cc3cc(C(F)(F)F)cc(C(F)(F)F)c3)n2)c2cc(C(F)(F)F)ccc2N1C(=O)O. The number of nitrogens with two attached hydrogens (primary N) is 1. The van der Waals surface area contributed by atoms with Crippen LogP contribution in [0.25, 0.3) is 0 Å².